The van der Waals surface area contributed by atoms with Crippen molar-refractivity contribution in [2.75, 3.05) is 18.6 Å². The summed E-state index contributed by atoms with van der Waals surface area (Å²) >= 11 is 1.90. The van der Waals surface area contributed by atoms with Crippen LogP contribution in [0.2, 0.25) is 0 Å². The van der Waals surface area contributed by atoms with E-state index in [0.717, 1.165) is 50.3 Å². The van der Waals surface area contributed by atoms with Gasteiger partial charge in [-0.25, -0.2) is 13.1 Å². The minimum atomic E-state index is -3.11. The van der Waals surface area contributed by atoms with E-state index in [4.69, 9.17) is 0 Å². The topological polar surface area (TPSA) is 58.2 Å². The molecule has 1 saturated heterocycles. The Morgan fingerprint density at radius 3 is 2.50 bits per heavy atom. The Balaban J connectivity index is 1.77. The molecule has 1 unspecified atom stereocenters. The average Bonchev–Trinajstić information content (AvgIpc) is 2.81. The van der Waals surface area contributed by atoms with Gasteiger partial charge < -0.3 is 5.32 Å². The third-order valence-corrected chi connectivity index (χ3v) is 6.61. The second-order valence-corrected chi connectivity index (χ2v) is 8.34. The van der Waals surface area contributed by atoms with E-state index in [1.165, 1.54) is 0 Å². The number of sulfonamides is 1. The van der Waals surface area contributed by atoms with Gasteiger partial charge in [0.25, 0.3) is 0 Å². The number of hydrogen-bond donors (Lipinski definition) is 2. The molecule has 0 aromatic rings. The lowest BCUT2D eigenvalue weighted by molar-refractivity contribution is 0.419. The highest BCUT2D eigenvalue weighted by atomic mass is 32.2. The van der Waals surface area contributed by atoms with E-state index in [0.29, 0.717) is 0 Å². The van der Waals surface area contributed by atoms with Gasteiger partial charge in [-0.15, -0.1) is 0 Å². The molecule has 0 bridgehead atoms. The standard InChI is InChI=1S/C12H24N2O2S2/c1-17-12-6-4-10(5-7-12)14-18(15,16)9-11-3-2-8-13-11/h10-14H,2-9H2,1H3. The largest absolute Gasteiger partial charge is 0.313 e. The smallest absolute Gasteiger partial charge is 0.213 e. The molecule has 1 aliphatic carbocycles. The van der Waals surface area contributed by atoms with Crippen molar-refractivity contribution in [2.24, 2.45) is 0 Å². The van der Waals surface area contributed by atoms with Crippen molar-refractivity contribution in [1.29, 1.82) is 0 Å². The van der Waals surface area contributed by atoms with Crippen LogP contribution in [0.5, 0.6) is 0 Å². The van der Waals surface area contributed by atoms with E-state index in [9.17, 15) is 8.42 Å². The summed E-state index contributed by atoms with van der Waals surface area (Å²) in [6.07, 6.45) is 8.47. The van der Waals surface area contributed by atoms with Crippen LogP contribution in [0.15, 0.2) is 0 Å². The van der Waals surface area contributed by atoms with Crippen LogP contribution in [0.4, 0.5) is 0 Å². The molecule has 0 amide bonds. The molecule has 106 valence electrons. The summed E-state index contributed by atoms with van der Waals surface area (Å²) in [5, 5.41) is 3.97. The van der Waals surface area contributed by atoms with Gasteiger partial charge in [0.2, 0.25) is 10.0 Å². The molecule has 0 spiro atoms. The maximum absolute atomic E-state index is 12.0. The van der Waals surface area contributed by atoms with E-state index in [1.54, 1.807) is 0 Å². The van der Waals surface area contributed by atoms with Crippen LogP contribution in [0.1, 0.15) is 38.5 Å². The molecule has 0 aromatic heterocycles. The zero-order chi connectivity index (χ0) is 13.0. The summed E-state index contributed by atoms with van der Waals surface area (Å²) in [6, 6.07) is 0.324. The van der Waals surface area contributed by atoms with Crippen LogP contribution >= 0.6 is 11.8 Å². The van der Waals surface area contributed by atoms with Gasteiger partial charge in [0, 0.05) is 17.3 Å². The normalized spacial score (nSPS) is 33.7. The van der Waals surface area contributed by atoms with Crippen LogP contribution in [0.3, 0.4) is 0 Å². The molecule has 0 aromatic carbocycles. The van der Waals surface area contributed by atoms with Crippen molar-refractivity contribution in [1.82, 2.24) is 10.0 Å². The van der Waals surface area contributed by atoms with E-state index in [-0.39, 0.29) is 17.8 Å². The van der Waals surface area contributed by atoms with E-state index in [2.05, 4.69) is 16.3 Å². The molecule has 1 aliphatic heterocycles. The molecule has 1 atom stereocenters. The zero-order valence-electron chi connectivity index (χ0n) is 11.0. The van der Waals surface area contributed by atoms with Crippen molar-refractivity contribution >= 4 is 21.8 Å². The van der Waals surface area contributed by atoms with Crippen LogP contribution in [0.25, 0.3) is 0 Å². The van der Waals surface area contributed by atoms with E-state index < -0.39 is 10.0 Å². The minimum absolute atomic E-state index is 0.157. The second kappa shape index (κ2) is 6.59. The molecule has 1 saturated carbocycles. The molecule has 4 nitrogen and oxygen atoms in total. The molecular formula is C12H24N2O2S2. The maximum Gasteiger partial charge on any atom is 0.213 e. The Hall–Kier alpha value is 0.220. The first-order valence-electron chi connectivity index (χ1n) is 6.85. The van der Waals surface area contributed by atoms with Crippen molar-refractivity contribution in [3.8, 4) is 0 Å². The quantitative estimate of drug-likeness (QED) is 0.803. The van der Waals surface area contributed by atoms with Crippen molar-refractivity contribution in [2.45, 2.75) is 55.9 Å². The molecule has 2 fully saturated rings. The predicted molar refractivity (Wildman–Crippen MR) is 77.5 cm³/mol. The Morgan fingerprint density at radius 1 is 1.22 bits per heavy atom. The van der Waals surface area contributed by atoms with Crippen molar-refractivity contribution in [3.05, 3.63) is 0 Å². The van der Waals surface area contributed by atoms with E-state index >= 15 is 0 Å². The Morgan fingerprint density at radius 2 is 1.94 bits per heavy atom. The number of rotatable bonds is 5. The lowest BCUT2D eigenvalue weighted by atomic mass is 9.96. The van der Waals surface area contributed by atoms with Gasteiger partial charge in [0.15, 0.2) is 0 Å². The van der Waals surface area contributed by atoms with Gasteiger partial charge >= 0.3 is 0 Å². The number of hydrogen-bond acceptors (Lipinski definition) is 4. The Labute approximate surface area is 115 Å². The average molecular weight is 292 g/mol. The minimum Gasteiger partial charge on any atom is -0.313 e. The second-order valence-electron chi connectivity index (χ2n) is 5.40. The highest BCUT2D eigenvalue weighted by molar-refractivity contribution is 7.99. The summed E-state index contributed by atoms with van der Waals surface area (Å²) in [6.45, 7) is 0.957. The highest BCUT2D eigenvalue weighted by Crippen LogP contribution is 2.27. The summed E-state index contributed by atoms with van der Waals surface area (Å²) in [4.78, 5) is 0. The molecule has 18 heavy (non-hydrogen) atoms. The fourth-order valence-electron chi connectivity index (χ4n) is 2.88. The van der Waals surface area contributed by atoms with Crippen molar-refractivity contribution < 1.29 is 8.42 Å². The van der Waals surface area contributed by atoms with Crippen LogP contribution < -0.4 is 10.0 Å². The maximum atomic E-state index is 12.0. The van der Waals surface area contributed by atoms with Crippen molar-refractivity contribution in [3.63, 3.8) is 0 Å². The first kappa shape index (κ1) is 14.6. The van der Waals surface area contributed by atoms with Gasteiger partial charge in [-0.05, 0) is 51.3 Å². The van der Waals surface area contributed by atoms with Gasteiger partial charge in [-0.2, -0.15) is 11.8 Å². The summed E-state index contributed by atoms with van der Waals surface area (Å²) in [5.41, 5.74) is 0. The molecule has 2 rings (SSSR count). The van der Waals surface area contributed by atoms with Gasteiger partial charge in [-0.1, -0.05) is 0 Å². The molecule has 2 N–H and O–H groups in total. The fraction of sp³-hybridized carbons (Fsp3) is 1.00. The Bertz CT molecular complexity index is 345. The van der Waals surface area contributed by atoms with Crippen LogP contribution in [-0.2, 0) is 10.0 Å². The fourth-order valence-corrected chi connectivity index (χ4v) is 5.28. The summed E-state index contributed by atoms with van der Waals surface area (Å²) < 4.78 is 27.0. The first-order chi connectivity index (χ1) is 8.59. The molecular weight excluding hydrogens is 268 g/mol. The summed E-state index contributed by atoms with van der Waals surface area (Å²) in [7, 11) is -3.11. The molecule has 1 heterocycles. The van der Waals surface area contributed by atoms with Gasteiger partial charge in [0.05, 0.1) is 5.75 Å². The van der Waals surface area contributed by atoms with E-state index in [1.807, 2.05) is 11.8 Å². The lowest BCUT2D eigenvalue weighted by Gasteiger charge is -2.28. The molecule has 0 radical (unpaired) electrons. The highest BCUT2D eigenvalue weighted by Gasteiger charge is 2.27. The van der Waals surface area contributed by atoms with Crippen LogP contribution in [-0.4, -0.2) is 44.3 Å². The third kappa shape index (κ3) is 4.40. The molecule has 6 heteroatoms. The van der Waals surface area contributed by atoms with Gasteiger partial charge in [0.1, 0.15) is 0 Å². The zero-order valence-corrected chi connectivity index (χ0v) is 12.7. The predicted octanol–water partition coefficient (Wildman–Crippen LogP) is 1.33. The number of thioether (sulfide) groups is 1. The summed E-state index contributed by atoms with van der Waals surface area (Å²) in [5.74, 6) is 0.245. The SMILES string of the molecule is CSC1CCC(NS(=O)(=O)CC2CCCN2)CC1. The lowest BCUT2D eigenvalue weighted by Crippen LogP contribution is -2.43. The monoisotopic (exact) mass is 292 g/mol. The number of nitrogens with one attached hydrogen (secondary N) is 2. The first-order valence-corrected chi connectivity index (χ1v) is 9.79. The van der Waals surface area contributed by atoms with Crippen LogP contribution in [0, 0.1) is 0 Å². The molecule has 2 aliphatic rings. The van der Waals surface area contributed by atoms with Gasteiger partial charge in [-0.3, -0.25) is 0 Å². The Kier molecular flexibility index (Phi) is 5.35. The third-order valence-electron chi connectivity index (χ3n) is 3.94.